The molecular weight excluding hydrogens is 412 g/mol. The summed E-state index contributed by atoms with van der Waals surface area (Å²) in [5, 5.41) is 5.26. The predicted molar refractivity (Wildman–Crippen MR) is 86.2 cm³/mol. The molecule has 0 amide bonds. The van der Waals surface area contributed by atoms with Gasteiger partial charge in [-0.15, -0.1) is 11.3 Å². The van der Waals surface area contributed by atoms with Gasteiger partial charge < -0.3 is 5.32 Å². The van der Waals surface area contributed by atoms with Crippen LogP contribution in [0.5, 0.6) is 0 Å². The summed E-state index contributed by atoms with van der Waals surface area (Å²) in [6.07, 6.45) is 0.272. The highest BCUT2D eigenvalue weighted by Gasteiger charge is 2.19. The van der Waals surface area contributed by atoms with E-state index in [4.69, 9.17) is 0 Å². The van der Waals surface area contributed by atoms with Crippen LogP contribution in [0.1, 0.15) is 24.1 Å². The van der Waals surface area contributed by atoms with Gasteiger partial charge in [0, 0.05) is 11.6 Å². The normalized spacial score (nSPS) is 12.7. The Hall–Kier alpha value is -0.300. The van der Waals surface area contributed by atoms with Crippen LogP contribution in [-0.4, -0.2) is 6.54 Å². The second-order valence-electron chi connectivity index (χ2n) is 4.32. The summed E-state index contributed by atoms with van der Waals surface area (Å²) in [4.78, 5) is 0. The predicted octanol–water partition coefficient (Wildman–Crippen LogP) is 5.44. The first-order chi connectivity index (χ1) is 9.52. The molecule has 0 saturated heterocycles. The van der Waals surface area contributed by atoms with Gasteiger partial charge in [-0.05, 0) is 74.0 Å². The van der Waals surface area contributed by atoms with Crippen molar-refractivity contribution in [1.82, 2.24) is 5.32 Å². The summed E-state index contributed by atoms with van der Waals surface area (Å²) in [5.41, 5.74) is 1.13. The van der Waals surface area contributed by atoms with Crippen molar-refractivity contribution in [3.63, 3.8) is 0 Å². The topological polar surface area (TPSA) is 12.0 Å². The van der Waals surface area contributed by atoms with Crippen molar-refractivity contribution in [2.45, 2.75) is 19.4 Å². The van der Waals surface area contributed by atoms with Crippen molar-refractivity contribution in [2.24, 2.45) is 0 Å². The van der Waals surface area contributed by atoms with Crippen molar-refractivity contribution in [3.05, 3.63) is 54.6 Å². The summed E-state index contributed by atoms with van der Waals surface area (Å²) in [7, 11) is 0. The fourth-order valence-corrected chi connectivity index (χ4v) is 3.62. The van der Waals surface area contributed by atoms with Gasteiger partial charge in [0.05, 0.1) is 8.26 Å². The number of halogens is 4. The molecule has 0 aliphatic heterocycles. The molecule has 20 heavy (non-hydrogen) atoms. The minimum Gasteiger partial charge on any atom is -0.310 e. The number of benzene rings is 1. The minimum absolute atomic E-state index is 0.104. The molecule has 0 aliphatic rings. The monoisotopic (exact) mass is 423 g/mol. The van der Waals surface area contributed by atoms with Crippen LogP contribution < -0.4 is 5.32 Å². The molecule has 0 radical (unpaired) electrons. The van der Waals surface area contributed by atoms with Gasteiger partial charge in [-0.2, -0.15) is 0 Å². The molecule has 1 aromatic carbocycles. The van der Waals surface area contributed by atoms with E-state index in [-0.39, 0.29) is 22.5 Å². The molecule has 1 aromatic heterocycles. The average Bonchev–Trinajstić information content (AvgIpc) is 2.84. The highest BCUT2D eigenvalue weighted by molar-refractivity contribution is 9.11. The van der Waals surface area contributed by atoms with Gasteiger partial charge in [-0.1, -0.05) is 6.92 Å². The van der Waals surface area contributed by atoms with Crippen molar-refractivity contribution in [3.8, 4) is 0 Å². The SMILES string of the molecule is CCNC(Cc1c(F)ccc(Br)c1F)c1csc(Br)c1. The molecule has 2 aromatic rings. The first-order valence-electron chi connectivity index (χ1n) is 6.12. The fraction of sp³-hybridized carbons (Fsp3) is 0.286. The van der Waals surface area contributed by atoms with E-state index in [1.165, 1.54) is 12.1 Å². The summed E-state index contributed by atoms with van der Waals surface area (Å²) in [6.45, 7) is 2.71. The molecular formula is C14H13Br2F2NS. The first kappa shape index (κ1) is 16.1. The smallest absolute Gasteiger partial charge is 0.143 e. The number of rotatable bonds is 5. The van der Waals surface area contributed by atoms with Gasteiger partial charge in [-0.3, -0.25) is 0 Å². The largest absolute Gasteiger partial charge is 0.310 e. The number of hydrogen-bond acceptors (Lipinski definition) is 2. The number of nitrogens with one attached hydrogen (secondary N) is 1. The minimum atomic E-state index is -0.526. The van der Waals surface area contributed by atoms with Gasteiger partial charge in [0.2, 0.25) is 0 Å². The molecule has 0 spiro atoms. The molecule has 2 rings (SSSR count). The average molecular weight is 425 g/mol. The third-order valence-electron chi connectivity index (χ3n) is 2.99. The number of hydrogen-bond donors (Lipinski definition) is 1. The molecule has 0 bridgehead atoms. The molecule has 0 fully saturated rings. The maximum Gasteiger partial charge on any atom is 0.143 e. The van der Waals surface area contributed by atoms with E-state index in [0.717, 1.165) is 15.9 Å². The Morgan fingerprint density at radius 1 is 1.30 bits per heavy atom. The van der Waals surface area contributed by atoms with Crippen LogP contribution in [0.15, 0.2) is 31.8 Å². The molecule has 0 saturated carbocycles. The van der Waals surface area contributed by atoms with E-state index in [2.05, 4.69) is 37.2 Å². The molecule has 1 nitrogen and oxygen atoms in total. The molecule has 1 atom stereocenters. The van der Waals surface area contributed by atoms with E-state index >= 15 is 0 Å². The molecule has 0 aliphatic carbocycles. The highest BCUT2D eigenvalue weighted by Crippen LogP contribution is 2.30. The van der Waals surface area contributed by atoms with Crippen LogP contribution in [0, 0.1) is 11.6 Å². The highest BCUT2D eigenvalue weighted by atomic mass is 79.9. The summed E-state index contributed by atoms with van der Waals surface area (Å²) >= 11 is 8.08. The van der Waals surface area contributed by atoms with Crippen LogP contribution in [0.25, 0.3) is 0 Å². The Morgan fingerprint density at radius 3 is 2.65 bits per heavy atom. The Bertz CT molecular complexity index is 601. The van der Waals surface area contributed by atoms with Crippen LogP contribution in [-0.2, 0) is 6.42 Å². The quantitative estimate of drug-likeness (QED) is 0.629. The zero-order chi connectivity index (χ0) is 14.7. The lowest BCUT2D eigenvalue weighted by atomic mass is 10.0. The fourth-order valence-electron chi connectivity index (χ4n) is 2.02. The van der Waals surface area contributed by atoms with Crippen LogP contribution in [0.3, 0.4) is 0 Å². The number of likely N-dealkylation sites (N-methyl/N-ethyl adjacent to an activating group) is 1. The second-order valence-corrected chi connectivity index (χ2v) is 7.47. The van der Waals surface area contributed by atoms with Gasteiger partial charge in [0.25, 0.3) is 0 Å². The van der Waals surface area contributed by atoms with Crippen LogP contribution >= 0.6 is 43.2 Å². The zero-order valence-electron chi connectivity index (χ0n) is 10.7. The standard InChI is InChI=1S/C14H13Br2F2NS/c1-2-19-12(8-5-13(16)20-7-8)6-9-11(17)4-3-10(15)14(9)18/h3-5,7,12,19H,2,6H2,1H3. The first-order valence-corrected chi connectivity index (χ1v) is 8.59. The molecule has 108 valence electrons. The van der Waals surface area contributed by atoms with Gasteiger partial charge in [-0.25, -0.2) is 8.78 Å². The second kappa shape index (κ2) is 7.11. The molecule has 6 heteroatoms. The van der Waals surface area contributed by atoms with Crippen molar-refractivity contribution in [1.29, 1.82) is 0 Å². The Morgan fingerprint density at radius 2 is 2.05 bits per heavy atom. The van der Waals surface area contributed by atoms with E-state index in [0.29, 0.717) is 0 Å². The lowest BCUT2D eigenvalue weighted by Gasteiger charge is -2.18. The van der Waals surface area contributed by atoms with E-state index in [1.54, 1.807) is 11.3 Å². The maximum absolute atomic E-state index is 14.1. The summed E-state index contributed by atoms with van der Waals surface area (Å²) < 4.78 is 29.2. The Kier molecular flexibility index (Phi) is 5.72. The van der Waals surface area contributed by atoms with Crippen molar-refractivity contribution >= 4 is 43.2 Å². The van der Waals surface area contributed by atoms with E-state index < -0.39 is 11.6 Å². The zero-order valence-corrected chi connectivity index (χ0v) is 14.7. The lowest BCUT2D eigenvalue weighted by molar-refractivity contribution is 0.498. The van der Waals surface area contributed by atoms with Crippen LogP contribution in [0.2, 0.25) is 0 Å². The maximum atomic E-state index is 14.1. The number of thiophene rings is 1. The molecule has 1 N–H and O–H groups in total. The summed E-state index contributed by atoms with van der Waals surface area (Å²) in [6, 6.07) is 4.54. The van der Waals surface area contributed by atoms with E-state index in [9.17, 15) is 8.78 Å². The summed E-state index contributed by atoms with van der Waals surface area (Å²) in [5.74, 6) is -1.04. The van der Waals surface area contributed by atoms with Crippen molar-refractivity contribution in [2.75, 3.05) is 6.54 Å². The van der Waals surface area contributed by atoms with Crippen molar-refractivity contribution < 1.29 is 8.78 Å². The van der Waals surface area contributed by atoms with Crippen LogP contribution in [0.4, 0.5) is 8.78 Å². The Labute approximate surface area is 137 Å². The van der Waals surface area contributed by atoms with Gasteiger partial charge in [0.15, 0.2) is 0 Å². The molecule has 1 unspecified atom stereocenters. The third-order valence-corrected chi connectivity index (χ3v) is 5.12. The third kappa shape index (κ3) is 3.67. The Balaban J connectivity index is 2.31. The lowest BCUT2D eigenvalue weighted by Crippen LogP contribution is -2.23. The van der Waals surface area contributed by atoms with E-state index in [1.807, 2.05) is 18.4 Å². The van der Waals surface area contributed by atoms with Gasteiger partial charge in [0.1, 0.15) is 11.6 Å². The molecule has 1 heterocycles. The van der Waals surface area contributed by atoms with Gasteiger partial charge >= 0.3 is 0 Å².